The quantitative estimate of drug-likeness (QED) is 0.748. The Morgan fingerprint density at radius 2 is 2.29 bits per heavy atom. The molecule has 0 spiro atoms. The van der Waals surface area contributed by atoms with E-state index >= 15 is 0 Å². The van der Waals surface area contributed by atoms with E-state index in [1.165, 1.54) is 0 Å². The molecular weight excluding hydrogens is 214 g/mol. The first-order chi connectivity index (χ1) is 8.13. The van der Waals surface area contributed by atoms with Crippen LogP contribution < -0.4 is 11.1 Å². The lowest BCUT2D eigenvalue weighted by Crippen LogP contribution is -2.49. The molecule has 2 fully saturated rings. The summed E-state index contributed by atoms with van der Waals surface area (Å²) in [6, 6.07) is 0.420. The van der Waals surface area contributed by atoms with E-state index in [9.17, 15) is 4.79 Å². The van der Waals surface area contributed by atoms with E-state index in [2.05, 4.69) is 24.1 Å². The molecule has 0 saturated carbocycles. The number of carbonyl (C=O) groups excluding carboxylic acids is 1. The van der Waals surface area contributed by atoms with Crippen molar-refractivity contribution in [1.29, 1.82) is 0 Å². The molecule has 0 bridgehead atoms. The number of hydrogen-bond donors (Lipinski definition) is 2. The Morgan fingerprint density at radius 3 is 2.94 bits per heavy atom. The fourth-order valence-electron chi connectivity index (χ4n) is 3.13. The van der Waals surface area contributed by atoms with E-state index in [0.717, 1.165) is 39.0 Å². The topological polar surface area (TPSA) is 58.4 Å². The number of piperidine rings is 1. The molecule has 2 aliphatic rings. The summed E-state index contributed by atoms with van der Waals surface area (Å²) in [4.78, 5) is 14.2. The maximum Gasteiger partial charge on any atom is 0.224 e. The first-order valence-corrected chi connectivity index (χ1v) is 6.85. The van der Waals surface area contributed by atoms with E-state index < -0.39 is 0 Å². The van der Waals surface area contributed by atoms with Crippen LogP contribution >= 0.6 is 0 Å². The zero-order valence-corrected chi connectivity index (χ0v) is 11.0. The molecular formula is C13H25N3O. The number of nitrogens with two attached hydrogens (primary N) is 1. The Labute approximate surface area is 104 Å². The SMILES string of the molecule is CC(C)C(CN)CN1CCCC2C(=O)NCC21. The van der Waals surface area contributed by atoms with Crippen molar-refractivity contribution in [3.05, 3.63) is 0 Å². The molecule has 0 aromatic heterocycles. The maximum absolute atomic E-state index is 11.7. The number of amides is 1. The minimum atomic E-state index is 0.231. The van der Waals surface area contributed by atoms with Crippen LogP contribution in [0, 0.1) is 17.8 Å². The molecule has 2 saturated heterocycles. The van der Waals surface area contributed by atoms with E-state index in [4.69, 9.17) is 5.73 Å². The molecule has 98 valence electrons. The highest BCUT2D eigenvalue weighted by molar-refractivity contribution is 5.82. The maximum atomic E-state index is 11.7. The molecule has 0 aromatic carbocycles. The van der Waals surface area contributed by atoms with Gasteiger partial charge in [-0.25, -0.2) is 0 Å². The zero-order valence-electron chi connectivity index (χ0n) is 11.0. The first kappa shape index (κ1) is 12.8. The van der Waals surface area contributed by atoms with Crippen LogP contribution in [0.3, 0.4) is 0 Å². The second kappa shape index (κ2) is 5.36. The minimum absolute atomic E-state index is 0.231. The van der Waals surface area contributed by atoms with Crippen molar-refractivity contribution in [2.75, 3.05) is 26.2 Å². The highest BCUT2D eigenvalue weighted by Gasteiger charge is 2.41. The van der Waals surface area contributed by atoms with Gasteiger partial charge in [0.15, 0.2) is 0 Å². The second-order valence-electron chi connectivity index (χ2n) is 5.80. The largest absolute Gasteiger partial charge is 0.354 e. The van der Waals surface area contributed by atoms with Gasteiger partial charge in [0.25, 0.3) is 0 Å². The lowest BCUT2D eigenvalue weighted by molar-refractivity contribution is -0.124. The van der Waals surface area contributed by atoms with E-state index in [-0.39, 0.29) is 11.8 Å². The van der Waals surface area contributed by atoms with Gasteiger partial charge >= 0.3 is 0 Å². The third-order valence-corrected chi connectivity index (χ3v) is 4.43. The summed E-state index contributed by atoms with van der Waals surface area (Å²) in [5.74, 6) is 1.65. The average Bonchev–Trinajstić information content (AvgIpc) is 2.69. The van der Waals surface area contributed by atoms with Crippen LogP contribution in [0.25, 0.3) is 0 Å². The summed E-state index contributed by atoms with van der Waals surface area (Å²) < 4.78 is 0. The third-order valence-electron chi connectivity index (χ3n) is 4.43. The molecule has 0 aliphatic carbocycles. The number of fused-ring (bicyclic) bond motifs is 1. The minimum Gasteiger partial charge on any atom is -0.354 e. The van der Waals surface area contributed by atoms with Crippen LogP contribution in [0.5, 0.6) is 0 Å². The average molecular weight is 239 g/mol. The highest BCUT2D eigenvalue weighted by atomic mass is 16.2. The van der Waals surface area contributed by atoms with Crippen LogP contribution in [0.2, 0.25) is 0 Å². The van der Waals surface area contributed by atoms with Gasteiger partial charge in [0.2, 0.25) is 5.91 Å². The molecule has 3 N–H and O–H groups in total. The van der Waals surface area contributed by atoms with Gasteiger partial charge in [0, 0.05) is 19.1 Å². The molecule has 3 unspecified atom stereocenters. The summed E-state index contributed by atoms with van der Waals surface area (Å²) in [5.41, 5.74) is 5.85. The third kappa shape index (κ3) is 2.63. The summed E-state index contributed by atoms with van der Waals surface area (Å²) in [6.07, 6.45) is 2.20. The smallest absolute Gasteiger partial charge is 0.224 e. The Balaban J connectivity index is 1.98. The fraction of sp³-hybridized carbons (Fsp3) is 0.923. The van der Waals surface area contributed by atoms with Gasteiger partial charge in [0.05, 0.1) is 5.92 Å². The van der Waals surface area contributed by atoms with Crippen molar-refractivity contribution >= 4 is 5.91 Å². The van der Waals surface area contributed by atoms with E-state index in [0.29, 0.717) is 17.9 Å². The first-order valence-electron chi connectivity index (χ1n) is 6.85. The fourth-order valence-corrected chi connectivity index (χ4v) is 3.13. The van der Waals surface area contributed by atoms with Gasteiger partial charge in [-0.3, -0.25) is 9.69 Å². The molecule has 4 nitrogen and oxygen atoms in total. The summed E-state index contributed by atoms with van der Waals surface area (Å²) in [6.45, 7) is 8.21. The van der Waals surface area contributed by atoms with Crippen molar-refractivity contribution in [2.24, 2.45) is 23.5 Å². The van der Waals surface area contributed by atoms with Gasteiger partial charge in [0.1, 0.15) is 0 Å². The predicted molar refractivity (Wildman–Crippen MR) is 68.5 cm³/mol. The molecule has 17 heavy (non-hydrogen) atoms. The van der Waals surface area contributed by atoms with E-state index in [1.54, 1.807) is 0 Å². The Morgan fingerprint density at radius 1 is 1.53 bits per heavy atom. The Kier molecular flexibility index (Phi) is 4.05. The van der Waals surface area contributed by atoms with Crippen LogP contribution in [0.4, 0.5) is 0 Å². The second-order valence-corrected chi connectivity index (χ2v) is 5.80. The summed E-state index contributed by atoms with van der Waals surface area (Å²) in [5, 5.41) is 3.00. The number of nitrogens with zero attached hydrogens (tertiary/aromatic N) is 1. The number of rotatable bonds is 4. The zero-order chi connectivity index (χ0) is 12.4. The number of likely N-dealkylation sites (tertiary alicyclic amines) is 1. The monoisotopic (exact) mass is 239 g/mol. The van der Waals surface area contributed by atoms with Crippen molar-refractivity contribution in [3.63, 3.8) is 0 Å². The number of hydrogen-bond acceptors (Lipinski definition) is 3. The van der Waals surface area contributed by atoms with Crippen molar-refractivity contribution in [2.45, 2.75) is 32.7 Å². The summed E-state index contributed by atoms with van der Waals surface area (Å²) >= 11 is 0. The Bertz CT molecular complexity index is 280. The number of carbonyl (C=O) groups is 1. The molecule has 3 atom stereocenters. The number of nitrogens with one attached hydrogen (secondary N) is 1. The van der Waals surface area contributed by atoms with E-state index in [1.807, 2.05) is 0 Å². The van der Waals surface area contributed by atoms with Crippen molar-refractivity contribution in [3.8, 4) is 0 Å². The van der Waals surface area contributed by atoms with Gasteiger partial charge in [-0.15, -0.1) is 0 Å². The van der Waals surface area contributed by atoms with Crippen LogP contribution in [0.1, 0.15) is 26.7 Å². The van der Waals surface area contributed by atoms with Crippen LogP contribution in [0.15, 0.2) is 0 Å². The van der Waals surface area contributed by atoms with Gasteiger partial charge in [-0.1, -0.05) is 13.8 Å². The molecule has 1 amide bonds. The highest BCUT2D eigenvalue weighted by Crippen LogP contribution is 2.28. The van der Waals surface area contributed by atoms with Crippen molar-refractivity contribution < 1.29 is 4.79 Å². The normalized spacial score (nSPS) is 31.4. The molecule has 2 aliphatic heterocycles. The molecule has 2 heterocycles. The van der Waals surface area contributed by atoms with Gasteiger partial charge < -0.3 is 11.1 Å². The van der Waals surface area contributed by atoms with Crippen LogP contribution in [-0.4, -0.2) is 43.0 Å². The van der Waals surface area contributed by atoms with Gasteiger partial charge in [-0.2, -0.15) is 0 Å². The van der Waals surface area contributed by atoms with Gasteiger partial charge in [-0.05, 0) is 37.8 Å². The molecule has 0 radical (unpaired) electrons. The lowest BCUT2D eigenvalue weighted by atomic mass is 9.88. The van der Waals surface area contributed by atoms with Crippen LogP contribution in [-0.2, 0) is 4.79 Å². The predicted octanol–water partition coefficient (Wildman–Crippen LogP) is 0.428. The molecule has 4 heteroatoms. The molecule has 0 aromatic rings. The molecule has 2 rings (SSSR count). The van der Waals surface area contributed by atoms with Crippen molar-refractivity contribution in [1.82, 2.24) is 10.2 Å². The lowest BCUT2D eigenvalue weighted by Gasteiger charge is -2.38. The Hall–Kier alpha value is -0.610. The summed E-state index contributed by atoms with van der Waals surface area (Å²) in [7, 11) is 0. The standard InChI is InChI=1S/C13H25N3O/c1-9(2)10(6-14)8-16-5-3-4-11-12(16)7-15-13(11)17/h9-12H,3-8,14H2,1-2H3,(H,15,17).